The first-order valence-corrected chi connectivity index (χ1v) is 5.43. The molecule has 1 aliphatic rings. The molecule has 3 nitrogen and oxygen atoms in total. The van der Waals surface area contributed by atoms with E-state index in [1.807, 2.05) is 6.08 Å². The molecule has 14 heavy (non-hydrogen) atoms. The number of methoxy groups -OCH3 is 1. The standard InChI is InChI=1S/C11H22N2O/c1-14-10-11-4-8-13(9-5-11)7-3-2-6-12/h2-3,11H,4-10,12H2,1H3. The van der Waals surface area contributed by atoms with E-state index in [1.54, 1.807) is 7.11 Å². The second-order valence-electron chi connectivity index (χ2n) is 3.91. The third-order valence-corrected chi connectivity index (χ3v) is 2.78. The normalized spacial score (nSPS) is 20.7. The lowest BCUT2D eigenvalue weighted by molar-refractivity contribution is 0.104. The molecule has 0 aromatic carbocycles. The van der Waals surface area contributed by atoms with Crippen LogP contribution in [0.1, 0.15) is 12.8 Å². The van der Waals surface area contributed by atoms with Crippen LogP contribution < -0.4 is 5.73 Å². The zero-order valence-corrected chi connectivity index (χ0v) is 9.11. The van der Waals surface area contributed by atoms with Crippen LogP contribution in [0.15, 0.2) is 12.2 Å². The third-order valence-electron chi connectivity index (χ3n) is 2.78. The summed E-state index contributed by atoms with van der Waals surface area (Å²) >= 11 is 0. The van der Waals surface area contributed by atoms with Gasteiger partial charge in [0.05, 0.1) is 0 Å². The predicted molar refractivity (Wildman–Crippen MR) is 59.2 cm³/mol. The van der Waals surface area contributed by atoms with Gasteiger partial charge in [-0.3, -0.25) is 4.90 Å². The summed E-state index contributed by atoms with van der Waals surface area (Å²) in [5.41, 5.74) is 5.38. The van der Waals surface area contributed by atoms with E-state index in [9.17, 15) is 0 Å². The molecule has 3 heteroatoms. The molecule has 0 bridgehead atoms. The van der Waals surface area contributed by atoms with Crippen molar-refractivity contribution >= 4 is 0 Å². The van der Waals surface area contributed by atoms with Crippen LogP contribution in [0.5, 0.6) is 0 Å². The SMILES string of the molecule is COCC1CCN(CC=CCN)CC1. The van der Waals surface area contributed by atoms with Crippen LogP contribution in [-0.2, 0) is 4.74 Å². The van der Waals surface area contributed by atoms with Gasteiger partial charge in [0.2, 0.25) is 0 Å². The zero-order chi connectivity index (χ0) is 10.2. The first-order valence-electron chi connectivity index (χ1n) is 5.43. The van der Waals surface area contributed by atoms with Crippen molar-refractivity contribution in [3.63, 3.8) is 0 Å². The Labute approximate surface area is 86.9 Å². The second kappa shape index (κ2) is 6.98. The molecule has 1 heterocycles. The highest BCUT2D eigenvalue weighted by Crippen LogP contribution is 2.16. The lowest BCUT2D eigenvalue weighted by atomic mass is 9.98. The van der Waals surface area contributed by atoms with E-state index in [1.165, 1.54) is 25.9 Å². The Balaban J connectivity index is 2.12. The second-order valence-corrected chi connectivity index (χ2v) is 3.91. The quantitative estimate of drug-likeness (QED) is 0.666. The summed E-state index contributed by atoms with van der Waals surface area (Å²) < 4.78 is 5.17. The molecule has 0 aromatic heterocycles. The van der Waals surface area contributed by atoms with Gasteiger partial charge in [-0.2, -0.15) is 0 Å². The summed E-state index contributed by atoms with van der Waals surface area (Å²) in [7, 11) is 1.79. The van der Waals surface area contributed by atoms with E-state index >= 15 is 0 Å². The monoisotopic (exact) mass is 198 g/mol. The van der Waals surface area contributed by atoms with Crippen LogP contribution in [-0.4, -0.2) is 44.8 Å². The first-order chi connectivity index (χ1) is 6.86. The fourth-order valence-corrected chi connectivity index (χ4v) is 1.89. The Morgan fingerprint density at radius 1 is 1.36 bits per heavy atom. The molecule has 1 aliphatic heterocycles. The van der Waals surface area contributed by atoms with E-state index in [0.29, 0.717) is 6.54 Å². The van der Waals surface area contributed by atoms with Crippen LogP contribution in [0, 0.1) is 5.92 Å². The summed E-state index contributed by atoms with van der Waals surface area (Å²) in [6.45, 7) is 5.02. The number of hydrogen-bond donors (Lipinski definition) is 1. The van der Waals surface area contributed by atoms with Gasteiger partial charge in [-0.05, 0) is 31.8 Å². The predicted octanol–water partition coefficient (Wildman–Crippen LogP) is 0.860. The van der Waals surface area contributed by atoms with Crippen LogP contribution in [0.4, 0.5) is 0 Å². The van der Waals surface area contributed by atoms with Gasteiger partial charge in [-0.25, -0.2) is 0 Å². The van der Waals surface area contributed by atoms with E-state index in [2.05, 4.69) is 11.0 Å². The lowest BCUT2D eigenvalue weighted by Gasteiger charge is -2.30. The van der Waals surface area contributed by atoms with E-state index in [-0.39, 0.29) is 0 Å². The molecule has 0 atom stereocenters. The molecule has 0 unspecified atom stereocenters. The molecule has 0 amide bonds. The molecule has 0 aliphatic carbocycles. The van der Waals surface area contributed by atoms with Gasteiger partial charge in [-0.15, -0.1) is 0 Å². The van der Waals surface area contributed by atoms with Gasteiger partial charge in [0.1, 0.15) is 0 Å². The van der Waals surface area contributed by atoms with E-state index < -0.39 is 0 Å². The minimum Gasteiger partial charge on any atom is -0.384 e. The number of likely N-dealkylation sites (tertiary alicyclic amines) is 1. The number of piperidine rings is 1. The van der Waals surface area contributed by atoms with Crippen molar-refractivity contribution in [3.05, 3.63) is 12.2 Å². The molecule has 1 saturated heterocycles. The van der Waals surface area contributed by atoms with Crippen molar-refractivity contribution in [1.82, 2.24) is 4.90 Å². The Hall–Kier alpha value is -0.380. The lowest BCUT2D eigenvalue weighted by Crippen LogP contribution is -2.35. The summed E-state index contributed by atoms with van der Waals surface area (Å²) in [6.07, 6.45) is 6.73. The molecular formula is C11H22N2O. The van der Waals surface area contributed by atoms with Gasteiger partial charge in [-0.1, -0.05) is 12.2 Å². The van der Waals surface area contributed by atoms with Crippen LogP contribution >= 0.6 is 0 Å². The Morgan fingerprint density at radius 2 is 2.07 bits per heavy atom. The van der Waals surface area contributed by atoms with Crippen molar-refractivity contribution in [2.24, 2.45) is 11.7 Å². The maximum absolute atomic E-state index is 5.38. The summed E-state index contributed by atoms with van der Waals surface area (Å²) in [6, 6.07) is 0. The van der Waals surface area contributed by atoms with Crippen LogP contribution in [0.25, 0.3) is 0 Å². The Kier molecular flexibility index (Phi) is 5.83. The van der Waals surface area contributed by atoms with Gasteiger partial charge in [0, 0.05) is 26.8 Å². The minimum absolute atomic E-state index is 0.653. The largest absolute Gasteiger partial charge is 0.384 e. The van der Waals surface area contributed by atoms with Gasteiger partial charge in [0.25, 0.3) is 0 Å². The molecular weight excluding hydrogens is 176 g/mol. The number of ether oxygens (including phenoxy) is 1. The molecule has 0 saturated carbocycles. The molecule has 1 fully saturated rings. The number of nitrogens with two attached hydrogens (primary N) is 1. The Bertz CT molecular complexity index is 163. The average molecular weight is 198 g/mol. The van der Waals surface area contributed by atoms with Crippen LogP contribution in [0.2, 0.25) is 0 Å². The fraction of sp³-hybridized carbons (Fsp3) is 0.818. The van der Waals surface area contributed by atoms with Gasteiger partial charge < -0.3 is 10.5 Å². The average Bonchev–Trinajstić information content (AvgIpc) is 2.21. The highest BCUT2D eigenvalue weighted by Gasteiger charge is 2.17. The summed E-state index contributed by atoms with van der Waals surface area (Å²) in [5.74, 6) is 0.773. The van der Waals surface area contributed by atoms with Crippen molar-refractivity contribution < 1.29 is 4.74 Å². The van der Waals surface area contributed by atoms with Crippen LogP contribution in [0.3, 0.4) is 0 Å². The van der Waals surface area contributed by atoms with E-state index in [0.717, 1.165) is 19.1 Å². The highest BCUT2D eigenvalue weighted by molar-refractivity contribution is 4.87. The smallest absolute Gasteiger partial charge is 0.0491 e. The first kappa shape index (κ1) is 11.7. The summed E-state index contributed by atoms with van der Waals surface area (Å²) in [5, 5.41) is 0. The maximum Gasteiger partial charge on any atom is 0.0491 e. The number of rotatable bonds is 5. The van der Waals surface area contributed by atoms with E-state index in [4.69, 9.17) is 10.5 Å². The zero-order valence-electron chi connectivity index (χ0n) is 9.11. The third kappa shape index (κ3) is 4.22. The molecule has 0 spiro atoms. The number of hydrogen-bond acceptors (Lipinski definition) is 3. The molecule has 82 valence electrons. The fourth-order valence-electron chi connectivity index (χ4n) is 1.89. The molecule has 0 radical (unpaired) electrons. The molecule has 1 rings (SSSR count). The van der Waals surface area contributed by atoms with Crippen molar-refractivity contribution in [2.75, 3.05) is 39.9 Å². The van der Waals surface area contributed by atoms with Gasteiger partial charge >= 0.3 is 0 Å². The molecule has 0 aromatic rings. The maximum atomic E-state index is 5.38. The van der Waals surface area contributed by atoms with Crippen molar-refractivity contribution in [1.29, 1.82) is 0 Å². The summed E-state index contributed by atoms with van der Waals surface area (Å²) in [4.78, 5) is 2.47. The van der Waals surface area contributed by atoms with Crippen molar-refractivity contribution in [3.8, 4) is 0 Å². The highest BCUT2D eigenvalue weighted by atomic mass is 16.5. The van der Waals surface area contributed by atoms with Gasteiger partial charge in [0.15, 0.2) is 0 Å². The molecule has 2 N–H and O–H groups in total. The minimum atomic E-state index is 0.653. The topological polar surface area (TPSA) is 38.5 Å². The number of nitrogens with zero attached hydrogens (tertiary/aromatic N) is 1. The Morgan fingerprint density at radius 3 is 2.64 bits per heavy atom. The van der Waals surface area contributed by atoms with Crippen molar-refractivity contribution in [2.45, 2.75) is 12.8 Å².